The van der Waals surface area contributed by atoms with E-state index in [9.17, 15) is 13.2 Å². The van der Waals surface area contributed by atoms with Crippen molar-refractivity contribution in [2.24, 2.45) is 5.92 Å². The molecule has 1 aromatic heterocycles. The first-order valence-electron chi connectivity index (χ1n) is 7.83. The van der Waals surface area contributed by atoms with E-state index < -0.39 is 9.84 Å². The maximum Gasteiger partial charge on any atom is 0.229 e. The van der Waals surface area contributed by atoms with E-state index in [0.717, 1.165) is 21.0 Å². The lowest BCUT2D eigenvalue weighted by atomic mass is 10.1. The third kappa shape index (κ3) is 2.01. The fourth-order valence-electron chi connectivity index (χ4n) is 3.89. The van der Waals surface area contributed by atoms with Crippen LogP contribution in [-0.4, -0.2) is 36.9 Å². The lowest BCUT2D eigenvalue weighted by molar-refractivity contribution is -0.117. The number of nitrogens with zero attached hydrogens (tertiary/aromatic N) is 2. The van der Waals surface area contributed by atoms with Crippen LogP contribution in [0.1, 0.15) is 6.42 Å². The highest BCUT2D eigenvalue weighted by molar-refractivity contribution is 7.91. The molecule has 3 aromatic rings. The van der Waals surface area contributed by atoms with Gasteiger partial charge < -0.3 is 0 Å². The number of aromatic nitrogens is 1. The molecule has 2 unspecified atom stereocenters. The number of anilines is 1. The molecule has 122 valence electrons. The first kappa shape index (κ1) is 14.4. The summed E-state index contributed by atoms with van der Waals surface area (Å²) in [6.45, 7) is 0. The van der Waals surface area contributed by atoms with Gasteiger partial charge in [0.25, 0.3) is 0 Å². The number of benzene rings is 2. The molecule has 0 N–H and O–H groups in total. The van der Waals surface area contributed by atoms with Crippen LogP contribution >= 0.6 is 11.3 Å². The molecule has 0 aliphatic carbocycles. The number of fused-ring (bicyclic) bond motifs is 4. The Balaban J connectivity index is 1.66. The van der Waals surface area contributed by atoms with Crippen molar-refractivity contribution in [2.75, 3.05) is 16.4 Å². The Morgan fingerprint density at radius 3 is 2.83 bits per heavy atom. The van der Waals surface area contributed by atoms with Gasteiger partial charge in [0, 0.05) is 17.7 Å². The second-order valence-electron chi connectivity index (χ2n) is 6.50. The number of sulfone groups is 1. The van der Waals surface area contributed by atoms with E-state index >= 15 is 0 Å². The standard InChI is InChI=1S/C17H14N2O3S2/c20-15-7-11-8-24(21,22)9-13(11)19(15)17-18-16-12-4-2-1-3-10(12)5-6-14(16)23-17/h1-6,11,13H,7-9H2. The molecular weight excluding hydrogens is 344 g/mol. The first-order chi connectivity index (χ1) is 11.5. The van der Waals surface area contributed by atoms with Crippen LogP contribution < -0.4 is 4.90 Å². The zero-order valence-electron chi connectivity index (χ0n) is 12.7. The van der Waals surface area contributed by atoms with Crippen LogP contribution in [0.3, 0.4) is 0 Å². The molecule has 3 heterocycles. The Kier molecular flexibility index (Phi) is 2.85. The van der Waals surface area contributed by atoms with Crippen molar-refractivity contribution in [3.63, 3.8) is 0 Å². The van der Waals surface area contributed by atoms with Crippen LogP contribution in [0, 0.1) is 5.92 Å². The molecule has 5 nitrogen and oxygen atoms in total. The van der Waals surface area contributed by atoms with Crippen molar-refractivity contribution in [1.82, 2.24) is 4.98 Å². The van der Waals surface area contributed by atoms with E-state index in [1.807, 2.05) is 36.4 Å². The van der Waals surface area contributed by atoms with Gasteiger partial charge in [-0.25, -0.2) is 13.4 Å². The summed E-state index contributed by atoms with van der Waals surface area (Å²) >= 11 is 1.46. The average Bonchev–Trinajstić information content (AvgIpc) is 3.16. The predicted molar refractivity (Wildman–Crippen MR) is 95.2 cm³/mol. The van der Waals surface area contributed by atoms with E-state index in [4.69, 9.17) is 4.98 Å². The molecule has 7 heteroatoms. The molecule has 2 aliphatic heterocycles. The smallest absolute Gasteiger partial charge is 0.229 e. The average molecular weight is 358 g/mol. The maximum atomic E-state index is 12.4. The highest BCUT2D eigenvalue weighted by Crippen LogP contribution is 2.41. The zero-order chi connectivity index (χ0) is 16.5. The minimum atomic E-state index is -3.05. The summed E-state index contributed by atoms with van der Waals surface area (Å²) in [5, 5.41) is 2.78. The molecule has 0 saturated carbocycles. The van der Waals surface area contributed by atoms with Crippen LogP contribution in [0.5, 0.6) is 0 Å². The number of amides is 1. The van der Waals surface area contributed by atoms with Gasteiger partial charge in [-0.05, 0) is 11.5 Å². The van der Waals surface area contributed by atoms with Gasteiger partial charge in [0.2, 0.25) is 5.91 Å². The molecule has 2 aromatic carbocycles. The molecule has 1 amide bonds. The van der Waals surface area contributed by atoms with E-state index in [1.54, 1.807) is 4.90 Å². The zero-order valence-corrected chi connectivity index (χ0v) is 14.3. The van der Waals surface area contributed by atoms with Gasteiger partial charge in [-0.2, -0.15) is 0 Å². The molecule has 0 radical (unpaired) electrons. The van der Waals surface area contributed by atoms with Crippen molar-refractivity contribution >= 4 is 53.2 Å². The van der Waals surface area contributed by atoms with Crippen LogP contribution in [0.15, 0.2) is 36.4 Å². The fourth-order valence-corrected chi connectivity index (χ4v) is 7.02. The first-order valence-corrected chi connectivity index (χ1v) is 10.5. The van der Waals surface area contributed by atoms with E-state index in [2.05, 4.69) is 0 Å². The van der Waals surface area contributed by atoms with E-state index in [-0.39, 0.29) is 29.4 Å². The van der Waals surface area contributed by atoms with Crippen molar-refractivity contribution in [3.8, 4) is 0 Å². The number of rotatable bonds is 1. The number of hydrogen-bond acceptors (Lipinski definition) is 5. The molecule has 0 spiro atoms. The minimum absolute atomic E-state index is 0.0109. The minimum Gasteiger partial charge on any atom is -0.284 e. The Morgan fingerprint density at radius 1 is 1.12 bits per heavy atom. The molecule has 2 atom stereocenters. The molecule has 24 heavy (non-hydrogen) atoms. The number of hydrogen-bond donors (Lipinski definition) is 0. The second-order valence-corrected chi connectivity index (χ2v) is 9.66. The Bertz CT molecular complexity index is 1100. The molecule has 5 rings (SSSR count). The van der Waals surface area contributed by atoms with Crippen LogP contribution in [0.25, 0.3) is 21.0 Å². The van der Waals surface area contributed by atoms with Gasteiger partial charge in [-0.3, -0.25) is 9.69 Å². The largest absolute Gasteiger partial charge is 0.284 e. The summed E-state index contributed by atoms with van der Waals surface area (Å²) < 4.78 is 24.9. The second kappa shape index (κ2) is 4.77. The molecule has 2 fully saturated rings. The molecule has 2 aliphatic rings. The third-order valence-corrected chi connectivity index (χ3v) is 7.76. The summed E-state index contributed by atoms with van der Waals surface area (Å²) in [5.74, 6) is 0.0721. The van der Waals surface area contributed by atoms with Gasteiger partial charge in [0.15, 0.2) is 15.0 Å². The number of carbonyl (C=O) groups excluding carboxylic acids is 1. The van der Waals surface area contributed by atoms with E-state index in [1.165, 1.54) is 11.3 Å². The number of carbonyl (C=O) groups is 1. The van der Waals surface area contributed by atoms with Gasteiger partial charge >= 0.3 is 0 Å². The Labute approximate surface area is 142 Å². The maximum absolute atomic E-state index is 12.4. The van der Waals surface area contributed by atoms with Gasteiger partial charge in [0.1, 0.15) is 0 Å². The van der Waals surface area contributed by atoms with Crippen LogP contribution in [-0.2, 0) is 14.6 Å². The Morgan fingerprint density at radius 2 is 1.96 bits per heavy atom. The lowest BCUT2D eigenvalue weighted by Crippen LogP contribution is -2.36. The SMILES string of the molecule is O=C1CC2CS(=O)(=O)CC2N1c1nc2c(ccc3ccccc32)s1. The Hall–Kier alpha value is -1.99. The normalized spacial score (nSPS) is 25.7. The lowest BCUT2D eigenvalue weighted by Gasteiger charge is -2.19. The fraction of sp³-hybridized carbons (Fsp3) is 0.294. The van der Waals surface area contributed by atoms with Crippen molar-refractivity contribution in [2.45, 2.75) is 12.5 Å². The third-order valence-electron chi connectivity index (χ3n) is 4.95. The molecular formula is C17H14N2O3S2. The summed E-state index contributed by atoms with van der Waals surface area (Å²) in [7, 11) is -3.05. The predicted octanol–water partition coefficient (Wildman–Crippen LogP) is 2.60. The van der Waals surface area contributed by atoms with Gasteiger partial charge in [-0.1, -0.05) is 41.7 Å². The summed E-state index contributed by atoms with van der Waals surface area (Å²) in [6.07, 6.45) is 0.306. The highest BCUT2D eigenvalue weighted by atomic mass is 32.2. The quantitative estimate of drug-likeness (QED) is 0.671. The molecule has 0 bridgehead atoms. The van der Waals surface area contributed by atoms with Crippen LogP contribution in [0.4, 0.5) is 5.13 Å². The van der Waals surface area contributed by atoms with Crippen molar-refractivity contribution in [1.29, 1.82) is 0 Å². The van der Waals surface area contributed by atoms with Gasteiger partial charge in [-0.15, -0.1) is 0 Å². The van der Waals surface area contributed by atoms with Crippen molar-refractivity contribution in [3.05, 3.63) is 36.4 Å². The van der Waals surface area contributed by atoms with Crippen molar-refractivity contribution < 1.29 is 13.2 Å². The monoisotopic (exact) mass is 358 g/mol. The summed E-state index contributed by atoms with van der Waals surface area (Å²) in [6, 6.07) is 11.8. The number of thiazole rings is 1. The van der Waals surface area contributed by atoms with Gasteiger partial charge in [0.05, 0.1) is 27.8 Å². The summed E-state index contributed by atoms with van der Waals surface area (Å²) in [4.78, 5) is 18.8. The van der Waals surface area contributed by atoms with E-state index in [0.29, 0.717) is 11.6 Å². The van der Waals surface area contributed by atoms with Crippen LogP contribution in [0.2, 0.25) is 0 Å². The highest BCUT2D eigenvalue weighted by Gasteiger charge is 2.50. The topological polar surface area (TPSA) is 67.3 Å². The summed E-state index contributed by atoms with van der Waals surface area (Å²) in [5.41, 5.74) is 0.880. The molecule has 2 saturated heterocycles.